The molecule has 0 spiro atoms. The van der Waals surface area contributed by atoms with Crippen LogP contribution in [0.3, 0.4) is 0 Å². The molecule has 0 bridgehead atoms. The third-order valence-corrected chi connectivity index (χ3v) is 4.05. The molecule has 0 heterocycles. The van der Waals surface area contributed by atoms with E-state index in [-0.39, 0.29) is 33.9 Å². The molecule has 0 aliphatic carbocycles. The van der Waals surface area contributed by atoms with Crippen molar-refractivity contribution in [3.63, 3.8) is 0 Å². The molecule has 0 saturated carbocycles. The van der Waals surface area contributed by atoms with Crippen molar-refractivity contribution in [1.82, 2.24) is 5.32 Å². The zero-order valence-electron chi connectivity index (χ0n) is 15.0. The molecule has 0 aromatic heterocycles. The molecule has 0 aliphatic rings. The number of carbonyl (C=O) groups is 2. The van der Waals surface area contributed by atoms with Gasteiger partial charge in [0.05, 0.1) is 16.2 Å². The SMILES string of the molecule is CC(C)NC(=O)c1ccc(Cl)cc1NC(=O)/C=C/c1ccc(Cl)c([N+](=O)[O-])c1. The van der Waals surface area contributed by atoms with Gasteiger partial charge in [-0.1, -0.05) is 29.3 Å². The Bertz CT molecular complexity index is 958. The van der Waals surface area contributed by atoms with Gasteiger partial charge in [-0.15, -0.1) is 0 Å². The van der Waals surface area contributed by atoms with E-state index in [1.807, 2.05) is 13.8 Å². The molecular weight excluding hydrogens is 405 g/mol. The minimum atomic E-state index is -0.606. The first kappa shape index (κ1) is 21.4. The third kappa shape index (κ3) is 5.80. The van der Waals surface area contributed by atoms with E-state index in [2.05, 4.69) is 10.6 Å². The average Bonchev–Trinajstić information content (AvgIpc) is 2.60. The van der Waals surface area contributed by atoms with E-state index in [0.29, 0.717) is 10.6 Å². The Hall–Kier alpha value is -2.90. The van der Waals surface area contributed by atoms with Crippen LogP contribution >= 0.6 is 23.2 Å². The summed E-state index contributed by atoms with van der Waals surface area (Å²) in [5, 5.41) is 16.6. The summed E-state index contributed by atoms with van der Waals surface area (Å²) in [5.41, 5.74) is 0.686. The zero-order valence-corrected chi connectivity index (χ0v) is 16.5. The molecule has 28 heavy (non-hydrogen) atoms. The molecule has 0 atom stereocenters. The van der Waals surface area contributed by atoms with Crippen molar-refractivity contribution >= 4 is 52.5 Å². The van der Waals surface area contributed by atoms with Crippen LogP contribution in [0.5, 0.6) is 0 Å². The second-order valence-corrected chi connectivity index (χ2v) is 6.95. The Morgan fingerprint density at radius 2 is 1.86 bits per heavy atom. The van der Waals surface area contributed by atoms with Crippen LogP contribution in [-0.2, 0) is 4.79 Å². The largest absolute Gasteiger partial charge is 0.350 e. The quantitative estimate of drug-likeness (QED) is 0.401. The first-order valence-electron chi connectivity index (χ1n) is 8.21. The second kappa shape index (κ2) is 9.34. The molecular formula is C19H17Cl2N3O4. The Morgan fingerprint density at radius 1 is 1.14 bits per heavy atom. The lowest BCUT2D eigenvalue weighted by atomic mass is 10.1. The van der Waals surface area contributed by atoms with Gasteiger partial charge >= 0.3 is 0 Å². The molecule has 146 valence electrons. The Morgan fingerprint density at radius 3 is 2.50 bits per heavy atom. The molecule has 2 aromatic carbocycles. The second-order valence-electron chi connectivity index (χ2n) is 6.11. The van der Waals surface area contributed by atoms with Gasteiger partial charge in [0.25, 0.3) is 11.6 Å². The topological polar surface area (TPSA) is 101 Å². The third-order valence-electron chi connectivity index (χ3n) is 3.50. The van der Waals surface area contributed by atoms with Crippen LogP contribution in [0.2, 0.25) is 10.0 Å². The number of nitrogens with one attached hydrogen (secondary N) is 2. The smallest absolute Gasteiger partial charge is 0.288 e. The molecule has 2 N–H and O–H groups in total. The lowest BCUT2D eigenvalue weighted by molar-refractivity contribution is -0.384. The first-order valence-corrected chi connectivity index (χ1v) is 8.96. The van der Waals surface area contributed by atoms with Crippen LogP contribution < -0.4 is 10.6 Å². The van der Waals surface area contributed by atoms with Crippen LogP contribution in [0.1, 0.15) is 29.8 Å². The fourth-order valence-electron chi connectivity index (χ4n) is 2.28. The number of nitro groups is 1. The molecule has 9 heteroatoms. The molecule has 0 unspecified atom stereocenters. The standard InChI is InChI=1S/C19H17Cl2N3O4/c1-11(2)22-19(26)14-6-5-13(20)10-16(14)23-18(25)8-4-12-3-7-15(21)17(9-12)24(27)28/h3-11H,1-2H3,(H,22,26)(H,23,25)/b8-4+. The number of carbonyl (C=O) groups excluding carboxylic acids is 2. The minimum Gasteiger partial charge on any atom is -0.350 e. The molecule has 0 saturated heterocycles. The molecule has 0 aliphatic heterocycles. The van der Waals surface area contributed by atoms with Crippen molar-refractivity contribution in [2.75, 3.05) is 5.32 Å². The van der Waals surface area contributed by atoms with Gasteiger partial charge in [0.15, 0.2) is 0 Å². The summed E-state index contributed by atoms with van der Waals surface area (Å²) in [7, 11) is 0. The predicted molar refractivity (Wildman–Crippen MR) is 110 cm³/mol. The highest BCUT2D eigenvalue weighted by molar-refractivity contribution is 6.32. The van der Waals surface area contributed by atoms with Crippen molar-refractivity contribution in [2.45, 2.75) is 19.9 Å². The summed E-state index contributed by atoms with van der Waals surface area (Å²) in [6, 6.07) is 8.63. The van der Waals surface area contributed by atoms with Gasteiger partial charge in [0, 0.05) is 23.2 Å². The van der Waals surface area contributed by atoms with Crippen LogP contribution in [-0.4, -0.2) is 22.8 Å². The Kier molecular flexibility index (Phi) is 7.14. The number of hydrogen-bond donors (Lipinski definition) is 2. The number of rotatable bonds is 6. The van der Waals surface area contributed by atoms with E-state index in [4.69, 9.17) is 23.2 Å². The number of nitrogens with zero attached hydrogens (tertiary/aromatic N) is 1. The van der Waals surface area contributed by atoms with E-state index in [9.17, 15) is 19.7 Å². The van der Waals surface area contributed by atoms with Crippen molar-refractivity contribution in [3.05, 3.63) is 73.8 Å². The van der Waals surface area contributed by atoms with Gasteiger partial charge in [-0.2, -0.15) is 0 Å². The number of hydrogen-bond acceptors (Lipinski definition) is 4. The molecule has 2 aromatic rings. The van der Waals surface area contributed by atoms with Gasteiger partial charge in [0.2, 0.25) is 5.91 Å². The molecule has 0 fully saturated rings. The summed E-state index contributed by atoms with van der Waals surface area (Å²) < 4.78 is 0. The Balaban J connectivity index is 2.20. The van der Waals surface area contributed by atoms with Crippen molar-refractivity contribution in [3.8, 4) is 0 Å². The maximum Gasteiger partial charge on any atom is 0.288 e. The number of benzene rings is 2. The van der Waals surface area contributed by atoms with Crippen molar-refractivity contribution < 1.29 is 14.5 Å². The van der Waals surface area contributed by atoms with E-state index in [1.165, 1.54) is 36.4 Å². The first-order chi connectivity index (χ1) is 13.2. The van der Waals surface area contributed by atoms with Gasteiger partial charge < -0.3 is 10.6 Å². The summed E-state index contributed by atoms with van der Waals surface area (Å²) in [4.78, 5) is 34.9. The highest BCUT2D eigenvalue weighted by atomic mass is 35.5. The maximum atomic E-state index is 12.3. The summed E-state index contributed by atoms with van der Waals surface area (Å²) in [6.07, 6.45) is 2.59. The Labute approximate surface area is 171 Å². The monoisotopic (exact) mass is 421 g/mol. The number of anilines is 1. The lowest BCUT2D eigenvalue weighted by Crippen LogP contribution is -2.31. The highest BCUT2D eigenvalue weighted by Gasteiger charge is 2.15. The van der Waals surface area contributed by atoms with E-state index in [0.717, 1.165) is 0 Å². The van der Waals surface area contributed by atoms with Crippen LogP contribution in [0, 0.1) is 10.1 Å². The fraction of sp³-hybridized carbons (Fsp3) is 0.158. The van der Waals surface area contributed by atoms with Gasteiger partial charge in [-0.3, -0.25) is 19.7 Å². The van der Waals surface area contributed by atoms with Crippen molar-refractivity contribution in [2.24, 2.45) is 0 Å². The maximum absolute atomic E-state index is 12.3. The summed E-state index contributed by atoms with van der Waals surface area (Å²) >= 11 is 11.7. The van der Waals surface area contributed by atoms with Gasteiger partial charge in [-0.25, -0.2) is 0 Å². The summed E-state index contributed by atoms with van der Waals surface area (Å²) in [6.45, 7) is 3.64. The van der Waals surface area contributed by atoms with Crippen LogP contribution in [0.25, 0.3) is 6.08 Å². The fourth-order valence-corrected chi connectivity index (χ4v) is 2.64. The van der Waals surface area contributed by atoms with Gasteiger partial charge in [0.1, 0.15) is 5.02 Å². The predicted octanol–water partition coefficient (Wildman–Crippen LogP) is 4.69. The summed E-state index contributed by atoms with van der Waals surface area (Å²) in [5.74, 6) is -0.877. The van der Waals surface area contributed by atoms with E-state index >= 15 is 0 Å². The molecule has 7 nitrogen and oxygen atoms in total. The lowest BCUT2D eigenvalue weighted by Gasteiger charge is -2.13. The van der Waals surface area contributed by atoms with E-state index < -0.39 is 10.8 Å². The number of amides is 2. The normalized spacial score (nSPS) is 10.9. The average molecular weight is 422 g/mol. The number of halogens is 2. The van der Waals surface area contributed by atoms with Crippen molar-refractivity contribution in [1.29, 1.82) is 0 Å². The van der Waals surface area contributed by atoms with Gasteiger partial charge in [-0.05, 0) is 49.8 Å². The van der Waals surface area contributed by atoms with Crippen LogP contribution in [0.4, 0.5) is 11.4 Å². The van der Waals surface area contributed by atoms with E-state index in [1.54, 1.807) is 12.1 Å². The van der Waals surface area contributed by atoms with Crippen LogP contribution in [0.15, 0.2) is 42.5 Å². The molecule has 2 rings (SSSR count). The highest BCUT2D eigenvalue weighted by Crippen LogP contribution is 2.26. The molecule has 0 radical (unpaired) electrons. The zero-order chi connectivity index (χ0) is 20.8. The minimum absolute atomic E-state index is 0.00587. The molecule has 2 amide bonds. The number of nitro benzene ring substituents is 1.